The topological polar surface area (TPSA) is 6.89 Å². The Bertz CT molecular complexity index is 1750. The summed E-state index contributed by atoms with van der Waals surface area (Å²) < 4.78 is 21.0. The highest BCUT2D eigenvalue weighted by Crippen LogP contribution is 2.58. The third kappa shape index (κ3) is 4.56. The second-order valence-corrected chi connectivity index (χ2v) is 13.7. The maximum absolute atomic E-state index is 16.4. The fourth-order valence-electron chi connectivity index (χ4n) is 8.34. The first-order valence-electron chi connectivity index (χ1n) is 16.6. The highest BCUT2D eigenvalue weighted by molar-refractivity contribution is 5.99. The normalized spacial score (nSPS) is 23.4. The maximum atomic E-state index is 16.4. The minimum absolute atomic E-state index is 0.129. The summed E-state index contributed by atoms with van der Waals surface area (Å²) in [7, 11) is 2.07. The van der Waals surface area contributed by atoms with E-state index in [1.807, 2.05) is 19.1 Å². The average molecular weight is 595 g/mol. The first-order valence-corrected chi connectivity index (χ1v) is 16.6. The minimum Gasteiger partial charge on any atom is -0.207 e. The van der Waals surface area contributed by atoms with Crippen molar-refractivity contribution in [3.05, 3.63) is 101 Å². The van der Waals surface area contributed by atoms with Crippen molar-refractivity contribution >= 4 is 16.9 Å². The van der Waals surface area contributed by atoms with Crippen LogP contribution < -0.4 is 15.0 Å². The minimum atomic E-state index is -0.498. The molecule has 1 aromatic heterocycles. The highest BCUT2D eigenvalue weighted by Gasteiger charge is 2.63. The van der Waals surface area contributed by atoms with Gasteiger partial charge in [-0.25, -0.2) is 8.97 Å². The van der Waals surface area contributed by atoms with Gasteiger partial charge in [-0.1, -0.05) is 78.0 Å². The lowest BCUT2D eigenvalue weighted by molar-refractivity contribution is -0.764. The number of benzene rings is 1. The molecule has 2 nitrogen and oxygen atoms in total. The lowest BCUT2D eigenvalue weighted by Gasteiger charge is -2.51. The maximum Gasteiger partial charge on any atom is 0.221 e. The molecule has 2 aromatic rings. The summed E-state index contributed by atoms with van der Waals surface area (Å²) in [6.45, 7) is 31.2. The Morgan fingerprint density at radius 2 is 1.75 bits per heavy atom. The van der Waals surface area contributed by atoms with Gasteiger partial charge in [-0.15, -0.1) is 0 Å². The number of pyridine rings is 1. The molecule has 234 valence electrons. The molecule has 1 aliphatic carbocycles. The van der Waals surface area contributed by atoms with Crippen molar-refractivity contribution in [2.24, 2.45) is 0 Å². The molecular formula is C41H55FN2+2. The summed E-state index contributed by atoms with van der Waals surface area (Å²) in [6.07, 6.45) is 15.6. The fraction of sp³-hybridized carbons (Fsp3) is 0.463. The Morgan fingerprint density at radius 3 is 2.32 bits per heavy atom. The van der Waals surface area contributed by atoms with Crippen molar-refractivity contribution in [1.29, 1.82) is 0 Å². The van der Waals surface area contributed by atoms with Crippen LogP contribution in [0.5, 0.6) is 0 Å². The van der Waals surface area contributed by atoms with Crippen LogP contribution in [0.2, 0.25) is 0 Å². The number of hydrogen-bond acceptors (Lipinski definition) is 0. The molecule has 44 heavy (non-hydrogen) atoms. The number of unbranched alkanes of at least 4 members (excludes halogenated alkanes) is 1. The Hall–Kier alpha value is -3.33. The van der Waals surface area contributed by atoms with Crippen molar-refractivity contribution in [3.63, 3.8) is 0 Å². The van der Waals surface area contributed by atoms with E-state index >= 15 is 4.39 Å². The largest absolute Gasteiger partial charge is 0.221 e. The van der Waals surface area contributed by atoms with Crippen molar-refractivity contribution in [3.8, 4) is 11.3 Å². The predicted molar refractivity (Wildman–Crippen MR) is 187 cm³/mol. The molecule has 0 N–H and O–H groups in total. The summed E-state index contributed by atoms with van der Waals surface area (Å²) in [6, 6.07) is 6.16. The number of rotatable bonds is 10. The van der Waals surface area contributed by atoms with E-state index in [-0.39, 0.29) is 11.4 Å². The average Bonchev–Trinajstić information content (AvgIpc) is 3.00. The van der Waals surface area contributed by atoms with Crippen molar-refractivity contribution < 1.29 is 13.5 Å². The molecule has 2 heterocycles. The van der Waals surface area contributed by atoms with E-state index in [4.69, 9.17) is 6.58 Å². The van der Waals surface area contributed by atoms with Crippen molar-refractivity contribution in [1.82, 2.24) is 0 Å². The van der Waals surface area contributed by atoms with Crippen LogP contribution >= 0.6 is 0 Å². The fourth-order valence-corrected chi connectivity index (χ4v) is 8.34. The van der Waals surface area contributed by atoms with Gasteiger partial charge in [0.15, 0.2) is 23.6 Å². The monoisotopic (exact) mass is 594 g/mol. The molecule has 0 fully saturated rings. The van der Waals surface area contributed by atoms with E-state index in [1.165, 1.54) is 32.8 Å². The Labute approximate surface area is 266 Å². The van der Waals surface area contributed by atoms with Gasteiger partial charge in [-0.2, -0.15) is 4.57 Å². The summed E-state index contributed by atoms with van der Waals surface area (Å²) >= 11 is 0. The van der Waals surface area contributed by atoms with E-state index < -0.39 is 10.8 Å². The molecule has 2 atom stereocenters. The molecular weight excluding hydrogens is 539 g/mol. The van der Waals surface area contributed by atoms with Crippen LogP contribution in [-0.2, 0) is 16.4 Å². The van der Waals surface area contributed by atoms with Crippen LogP contribution in [0.15, 0.2) is 73.1 Å². The van der Waals surface area contributed by atoms with Crippen LogP contribution in [0.1, 0.15) is 112 Å². The number of aromatic nitrogens is 1. The third-order valence-corrected chi connectivity index (χ3v) is 11.4. The van der Waals surface area contributed by atoms with Gasteiger partial charge in [0.05, 0.1) is 16.2 Å². The number of halogens is 1. The van der Waals surface area contributed by atoms with Crippen LogP contribution in [0.25, 0.3) is 22.4 Å². The van der Waals surface area contributed by atoms with E-state index in [2.05, 4.69) is 116 Å². The summed E-state index contributed by atoms with van der Waals surface area (Å²) in [4.78, 5) is 0. The zero-order valence-electron chi connectivity index (χ0n) is 29.3. The molecule has 2 unspecified atom stereocenters. The molecule has 0 bridgehead atoms. The van der Waals surface area contributed by atoms with Gasteiger partial charge in [0.1, 0.15) is 12.9 Å². The summed E-state index contributed by atoms with van der Waals surface area (Å²) in [5, 5.41) is 2.60. The molecule has 3 heteroatoms. The molecule has 0 spiro atoms. The van der Waals surface area contributed by atoms with Gasteiger partial charge in [-0.3, -0.25) is 0 Å². The first-order chi connectivity index (χ1) is 20.8. The van der Waals surface area contributed by atoms with E-state index in [0.717, 1.165) is 60.1 Å². The molecule has 1 aliphatic heterocycles. The van der Waals surface area contributed by atoms with Crippen LogP contribution in [-0.4, -0.2) is 17.3 Å². The van der Waals surface area contributed by atoms with E-state index in [1.54, 1.807) is 6.07 Å². The van der Waals surface area contributed by atoms with E-state index in [9.17, 15) is 0 Å². The van der Waals surface area contributed by atoms with Crippen molar-refractivity contribution in [2.75, 3.05) is 7.05 Å². The second kappa shape index (κ2) is 12.2. The van der Waals surface area contributed by atoms with Gasteiger partial charge in [0.2, 0.25) is 5.69 Å². The Balaban J connectivity index is 2.32. The number of hydrogen-bond donors (Lipinski definition) is 0. The highest BCUT2D eigenvalue weighted by atomic mass is 19.1. The Morgan fingerprint density at radius 1 is 1.07 bits per heavy atom. The predicted octanol–water partition coefficient (Wildman–Crippen LogP) is 8.69. The van der Waals surface area contributed by atoms with E-state index in [0.29, 0.717) is 0 Å². The van der Waals surface area contributed by atoms with Gasteiger partial charge >= 0.3 is 0 Å². The van der Waals surface area contributed by atoms with Crippen LogP contribution in [0.4, 0.5) is 4.39 Å². The van der Waals surface area contributed by atoms with Gasteiger partial charge < -0.3 is 0 Å². The first kappa shape index (κ1) is 33.6. The van der Waals surface area contributed by atoms with Gasteiger partial charge in [0, 0.05) is 42.9 Å². The van der Waals surface area contributed by atoms with Crippen LogP contribution in [0.3, 0.4) is 0 Å². The lowest BCUT2D eigenvalue weighted by Crippen LogP contribution is -2.72. The smallest absolute Gasteiger partial charge is 0.207 e. The Kier molecular flexibility index (Phi) is 9.32. The van der Waals surface area contributed by atoms with Gasteiger partial charge in [-0.05, 0) is 74.1 Å². The van der Waals surface area contributed by atoms with Gasteiger partial charge in [0.25, 0.3) is 0 Å². The molecule has 0 saturated heterocycles. The number of allylic oxidation sites excluding steroid dienone is 5. The standard InChI is InChI=1S/C41H55FN2/c1-14-19-21-27(6)31-24-26-44-38-35(31)29(8)39(10,11)37-34(42)23-22-33(36(37)38)41(18-5,40(44,12)17-4)32(20-15-2)28(7)30(9)43(13)25-16-3/h15-16,20,22-26H,2,7,14,17-19,21H2,1,3-6,8-13H3/q+2. The molecule has 0 amide bonds. The van der Waals surface area contributed by atoms with Crippen molar-refractivity contribution in [2.45, 2.75) is 118 Å². The number of nitrogens with zero attached hydrogens (tertiary/aromatic N) is 2. The third-order valence-electron chi connectivity index (χ3n) is 11.4. The SMILES string of the molecule is C=CC=C(C(=C)C(C)=[N+](C)C=CC)C1(CC)c2ccc(F)c3c2-c2c(c(=C(C)CCCC)cc[n+]2C1(C)CC)=C(C)C3(C)C. The summed E-state index contributed by atoms with van der Waals surface area (Å²) in [5.41, 5.74) is 8.74. The second-order valence-electron chi connectivity index (χ2n) is 13.7. The molecule has 1 aromatic carbocycles. The molecule has 0 saturated carbocycles. The van der Waals surface area contributed by atoms with Crippen LogP contribution in [0, 0.1) is 5.82 Å². The molecule has 0 radical (unpaired) electrons. The zero-order valence-corrected chi connectivity index (χ0v) is 29.3. The molecule has 4 rings (SSSR count). The molecule has 2 aliphatic rings. The quantitative estimate of drug-likeness (QED) is 0.148. The lowest BCUT2D eigenvalue weighted by atomic mass is 9.52. The summed E-state index contributed by atoms with van der Waals surface area (Å²) in [5.74, 6) is -0.129. The zero-order chi connectivity index (χ0) is 32.8.